The topological polar surface area (TPSA) is 18.5 Å². The fraction of sp³-hybridized carbons (Fsp3) is 0.0769. The van der Waals surface area contributed by atoms with Crippen LogP contribution in [-0.2, 0) is 11.1 Å². The highest BCUT2D eigenvalue weighted by Gasteiger charge is 2.18. The van der Waals surface area contributed by atoms with Crippen LogP contribution in [0.25, 0.3) is 10.8 Å². The molecule has 0 saturated carbocycles. The van der Waals surface area contributed by atoms with E-state index in [0.717, 1.165) is 16.0 Å². The second-order valence-corrected chi connectivity index (χ2v) is 6.44. The lowest BCUT2D eigenvalue weighted by Gasteiger charge is -2.18. The van der Waals surface area contributed by atoms with Crippen LogP contribution in [0.15, 0.2) is 47.8 Å². The number of hydrogen-bond donors (Lipinski definition) is 0. The first-order valence-corrected chi connectivity index (χ1v) is 8.39. The number of hydrogen-bond acceptors (Lipinski definition) is 3. The first-order chi connectivity index (χ1) is 8.83. The molecule has 2 nitrogen and oxygen atoms in total. The summed E-state index contributed by atoms with van der Waals surface area (Å²) < 4.78 is 10.9. The van der Waals surface area contributed by atoms with Crippen molar-refractivity contribution in [1.29, 1.82) is 0 Å². The quantitative estimate of drug-likeness (QED) is 0.606. The number of fused-ring (bicyclic) bond motifs is 2. The summed E-state index contributed by atoms with van der Waals surface area (Å²) in [5.41, 5.74) is 0. The summed E-state index contributed by atoms with van der Waals surface area (Å²) in [5, 5.41) is 4.41. The zero-order chi connectivity index (χ0) is 12.4. The first kappa shape index (κ1) is 12.2. The highest BCUT2D eigenvalue weighted by molar-refractivity contribution is 7.76. The molecule has 1 aromatic heterocycles. The van der Waals surface area contributed by atoms with Crippen LogP contribution < -0.4 is 4.52 Å². The maximum absolute atomic E-state index is 5.90. The van der Waals surface area contributed by atoms with Crippen molar-refractivity contribution in [3.8, 4) is 5.75 Å². The minimum Gasteiger partial charge on any atom is -0.435 e. The molecule has 0 radical (unpaired) electrons. The molecular weight excluding hydrogens is 287 g/mol. The van der Waals surface area contributed by atoms with Gasteiger partial charge >= 0.3 is 7.73 Å². The van der Waals surface area contributed by atoms with Gasteiger partial charge in [-0.3, -0.25) is 0 Å². The predicted octanol–water partition coefficient (Wildman–Crippen LogP) is 5.40. The molecule has 92 valence electrons. The lowest BCUT2D eigenvalue weighted by molar-refractivity contribution is 0.293. The number of rotatable bonds is 0. The van der Waals surface area contributed by atoms with Gasteiger partial charge in [-0.15, -0.1) is 11.3 Å². The molecular formula is C13H10ClO2PS. The Morgan fingerprint density at radius 1 is 1.06 bits per heavy atom. The van der Waals surface area contributed by atoms with Gasteiger partial charge in [0.15, 0.2) is 0 Å². The Kier molecular flexibility index (Phi) is 3.67. The van der Waals surface area contributed by atoms with E-state index in [0.29, 0.717) is 6.61 Å². The summed E-state index contributed by atoms with van der Waals surface area (Å²) >= 11 is 7.51. The molecule has 2 aromatic rings. The van der Waals surface area contributed by atoms with Gasteiger partial charge in [0.2, 0.25) is 0 Å². The van der Waals surface area contributed by atoms with Gasteiger partial charge in [-0.05, 0) is 39.5 Å². The molecule has 0 bridgehead atoms. The molecule has 0 amide bonds. The maximum atomic E-state index is 5.90. The summed E-state index contributed by atoms with van der Waals surface area (Å²) in [5.74, 6) is 0.814. The summed E-state index contributed by atoms with van der Waals surface area (Å²) in [6, 6.07) is 14.3. The van der Waals surface area contributed by atoms with Crippen LogP contribution in [0.5, 0.6) is 5.75 Å². The van der Waals surface area contributed by atoms with E-state index in [9.17, 15) is 0 Å². The fourth-order valence-electron chi connectivity index (χ4n) is 1.72. The Labute approximate surface area is 115 Å². The summed E-state index contributed by atoms with van der Waals surface area (Å²) in [4.78, 5) is 1.05. The van der Waals surface area contributed by atoms with Gasteiger partial charge in [0, 0.05) is 0 Å². The number of halogens is 1. The van der Waals surface area contributed by atoms with E-state index < -0.39 is 7.73 Å². The standard InChI is InChI=1S/C13H10ClO2PS/c14-17-15-9-13-12(16-17)6-5-10-3-1-2-4-11(10)7-8-18-13/h1-8H,9H2. The molecule has 0 saturated heterocycles. The van der Waals surface area contributed by atoms with Crippen molar-refractivity contribution in [3.05, 3.63) is 52.7 Å². The van der Waals surface area contributed by atoms with Gasteiger partial charge in [0.25, 0.3) is 0 Å². The third-order valence-electron chi connectivity index (χ3n) is 2.61. The van der Waals surface area contributed by atoms with Gasteiger partial charge in [0.1, 0.15) is 5.75 Å². The summed E-state index contributed by atoms with van der Waals surface area (Å²) in [6.45, 7) is 0.514. The molecule has 1 aliphatic heterocycles. The zero-order valence-corrected chi connectivity index (χ0v) is 11.8. The second kappa shape index (κ2) is 5.41. The Balaban J connectivity index is 2.23. The molecule has 2 heterocycles. The van der Waals surface area contributed by atoms with Gasteiger partial charge in [-0.1, -0.05) is 30.3 Å². The largest absolute Gasteiger partial charge is 0.435 e. The average Bonchev–Trinajstić information content (AvgIpc) is 2.47. The predicted molar refractivity (Wildman–Crippen MR) is 77.6 cm³/mol. The molecule has 1 atom stereocenters. The van der Waals surface area contributed by atoms with E-state index in [1.807, 2.05) is 24.3 Å². The number of benzene rings is 1. The molecule has 5 heteroatoms. The Morgan fingerprint density at radius 3 is 2.67 bits per heavy atom. The average molecular weight is 297 g/mol. The van der Waals surface area contributed by atoms with Crippen molar-refractivity contribution in [1.82, 2.24) is 0 Å². The molecule has 3 rings (SSSR count). The Morgan fingerprint density at radius 2 is 1.83 bits per heavy atom. The molecule has 18 heavy (non-hydrogen) atoms. The van der Waals surface area contributed by atoms with Crippen molar-refractivity contribution in [2.45, 2.75) is 6.61 Å². The molecule has 0 spiro atoms. The zero-order valence-electron chi connectivity index (χ0n) is 9.38. The van der Waals surface area contributed by atoms with Crippen molar-refractivity contribution >= 4 is 41.1 Å². The van der Waals surface area contributed by atoms with Crippen molar-refractivity contribution < 1.29 is 9.05 Å². The molecule has 1 aliphatic rings. The fourth-order valence-corrected chi connectivity index (χ4v) is 3.58. The normalized spacial score (nSPS) is 17.7. The van der Waals surface area contributed by atoms with Crippen molar-refractivity contribution in [3.63, 3.8) is 0 Å². The van der Waals surface area contributed by atoms with Gasteiger partial charge in [-0.2, -0.15) is 0 Å². The lowest BCUT2D eigenvalue weighted by Crippen LogP contribution is -1.97. The van der Waals surface area contributed by atoms with Crippen LogP contribution in [-0.4, -0.2) is 0 Å². The highest BCUT2D eigenvalue weighted by Crippen LogP contribution is 2.50. The van der Waals surface area contributed by atoms with Crippen LogP contribution in [0.1, 0.15) is 4.88 Å². The molecule has 0 N–H and O–H groups in total. The second-order valence-electron chi connectivity index (χ2n) is 3.75. The third kappa shape index (κ3) is 2.60. The summed E-state index contributed by atoms with van der Waals surface area (Å²) in [7, 11) is -1.31. The van der Waals surface area contributed by atoms with Crippen molar-refractivity contribution in [2.24, 2.45) is 0 Å². The first-order valence-electron chi connectivity index (χ1n) is 5.43. The van der Waals surface area contributed by atoms with Crippen LogP contribution in [0.4, 0.5) is 0 Å². The SMILES string of the molecule is ClP1OCc2sccc3ccccc3ccc2O1. The lowest BCUT2D eigenvalue weighted by atomic mass is 10.2. The van der Waals surface area contributed by atoms with Gasteiger partial charge < -0.3 is 9.05 Å². The smallest absolute Gasteiger partial charge is 0.338 e. The molecule has 0 fully saturated rings. The van der Waals surface area contributed by atoms with E-state index in [1.54, 1.807) is 11.3 Å². The maximum Gasteiger partial charge on any atom is 0.338 e. The van der Waals surface area contributed by atoms with Crippen molar-refractivity contribution in [2.75, 3.05) is 0 Å². The minimum absolute atomic E-state index is 0.514. The van der Waals surface area contributed by atoms with Gasteiger partial charge in [0.05, 0.1) is 11.5 Å². The Bertz CT molecular complexity index is 627. The van der Waals surface area contributed by atoms with Crippen LogP contribution in [0, 0.1) is 0 Å². The molecule has 1 aromatic carbocycles. The Hall–Kier alpha value is -0.860. The van der Waals surface area contributed by atoms with Crippen LogP contribution in [0.3, 0.4) is 0 Å². The minimum atomic E-state index is -1.31. The van der Waals surface area contributed by atoms with Crippen LogP contribution in [0.2, 0.25) is 0 Å². The van der Waals surface area contributed by atoms with E-state index in [2.05, 4.69) is 23.6 Å². The molecule has 0 aliphatic carbocycles. The highest BCUT2D eigenvalue weighted by atomic mass is 35.7. The third-order valence-corrected chi connectivity index (χ3v) is 4.66. The van der Waals surface area contributed by atoms with E-state index in [-0.39, 0.29) is 0 Å². The molecule has 1 unspecified atom stereocenters. The summed E-state index contributed by atoms with van der Waals surface area (Å²) in [6.07, 6.45) is 0. The van der Waals surface area contributed by atoms with E-state index >= 15 is 0 Å². The van der Waals surface area contributed by atoms with Gasteiger partial charge in [-0.25, -0.2) is 0 Å². The monoisotopic (exact) mass is 296 g/mol. The van der Waals surface area contributed by atoms with E-state index in [1.165, 1.54) is 5.39 Å². The van der Waals surface area contributed by atoms with E-state index in [4.69, 9.17) is 20.3 Å². The van der Waals surface area contributed by atoms with Crippen LogP contribution >= 0.6 is 30.3 Å².